The van der Waals surface area contributed by atoms with Crippen molar-refractivity contribution in [2.24, 2.45) is 0 Å². The Balaban J connectivity index is 2.62. The van der Waals surface area contributed by atoms with E-state index in [9.17, 15) is 0 Å². The summed E-state index contributed by atoms with van der Waals surface area (Å²) in [6, 6.07) is 0. The van der Waals surface area contributed by atoms with E-state index in [1.807, 2.05) is 7.05 Å². The summed E-state index contributed by atoms with van der Waals surface area (Å²) in [4.78, 5) is 4.68. The molecule has 0 amide bonds. The highest BCUT2D eigenvalue weighted by molar-refractivity contribution is 4.83. The van der Waals surface area contributed by atoms with Crippen LogP contribution in [0.3, 0.4) is 0 Å². The van der Waals surface area contributed by atoms with Gasteiger partial charge in [0.05, 0.1) is 0 Å². The van der Waals surface area contributed by atoms with E-state index in [-0.39, 0.29) is 5.79 Å². The van der Waals surface area contributed by atoms with Crippen LogP contribution in [0, 0.1) is 0 Å². The van der Waals surface area contributed by atoms with Crippen LogP contribution in [0.4, 0.5) is 0 Å². The number of hydrogen-bond acceptors (Lipinski definition) is 4. The average Bonchev–Trinajstić information content (AvgIpc) is 2.17. The molecule has 0 aromatic rings. The first-order chi connectivity index (χ1) is 6.11. The van der Waals surface area contributed by atoms with Crippen molar-refractivity contribution in [2.45, 2.75) is 12.7 Å². The molecule has 1 aliphatic rings. The normalized spacial score (nSPS) is 24.7. The summed E-state index contributed by atoms with van der Waals surface area (Å²) in [5.41, 5.74) is 0. The van der Waals surface area contributed by atoms with E-state index in [2.05, 4.69) is 41.5 Å². The summed E-state index contributed by atoms with van der Waals surface area (Å²) in [7, 11) is 6.24. The van der Waals surface area contributed by atoms with Crippen LogP contribution in [-0.4, -0.2) is 62.9 Å². The van der Waals surface area contributed by atoms with Gasteiger partial charge in [0, 0.05) is 26.2 Å². The molecule has 1 fully saturated rings. The van der Waals surface area contributed by atoms with E-state index >= 15 is 0 Å². The van der Waals surface area contributed by atoms with Crippen LogP contribution in [0.15, 0.2) is 0 Å². The van der Waals surface area contributed by atoms with E-state index in [1.54, 1.807) is 0 Å². The second kappa shape index (κ2) is 4.37. The number of piperazine rings is 1. The Labute approximate surface area is 81.3 Å². The fourth-order valence-corrected chi connectivity index (χ4v) is 1.76. The third-order valence-electron chi connectivity index (χ3n) is 3.08. The van der Waals surface area contributed by atoms with Crippen LogP contribution >= 0.6 is 0 Å². The van der Waals surface area contributed by atoms with E-state index in [1.165, 1.54) is 0 Å². The lowest BCUT2D eigenvalue weighted by Crippen LogP contribution is -2.67. The van der Waals surface area contributed by atoms with Gasteiger partial charge >= 0.3 is 0 Å². The van der Waals surface area contributed by atoms with Gasteiger partial charge in [-0.15, -0.1) is 0 Å². The fraction of sp³-hybridized carbons (Fsp3) is 1.00. The van der Waals surface area contributed by atoms with Crippen LogP contribution in [0.25, 0.3) is 0 Å². The first-order valence-electron chi connectivity index (χ1n) is 4.93. The molecular formula is C9H22N4. The zero-order valence-corrected chi connectivity index (χ0v) is 9.22. The highest BCUT2D eigenvalue weighted by Crippen LogP contribution is 2.13. The van der Waals surface area contributed by atoms with E-state index in [4.69, 9.17) is 0 Å². The van der Waals surface area contributed by atoms with Gasteiger partial charge in [0.15, 0.2) is 0 Å². The number of nitrogens with zero attached hydrogens (tertiary/aromatic N) is 2. The molecule has 1 unspecified atom stereocenters. The van der Waals surface area contributed by atoms with E-state index in [0.29, 0.717) is 0 Å². The van der Waals surface area contributed by atoms with Crippen molar-refractivity contribution in [1.82, 2.24) is 20.4 Å². The van der Waals surface area contributed by atoms with Crippen LogP contribution in [-0.2, 0) is 0 Å². The maximum atomic E-state index is 3.37. The molecular weight excluding hydrogens is 164 g/mol. The summed E-state index contributed by atoms with van der Waals surface area (Å²) in [5, 5.41) is 6.73. The summed E-state index contributed by atoms with van der Waals surface area (Å²) >= 11 is 0. The molecule has 4 heteroatoms. The van der Waals surface area contributed by atoms with Crippen molar-refractivity contribution in [2.75, 3.05) is 47.3 Å². The SMILES string of the molecule is CNC(C)(N(C)C)N1CCNCC1. The Bertz CT molecular complexity index is 154. The molecule has 1 saturated heterocycles. The molecule has 0 spiro atoms. The van der Waals surface area contributed by atoms with Gasteiger partial charge in [-0.05, 0) is 28.1 Å². The Morgan fingerprint density at radius 1 is 1.31 bits per heavy atom. The maximum Gasteiger partial charge on any atom is 0.124 e. The molecule has 2 N–H and O–H groups in total. The third kappa shape index (κ3) is 2.20. The molecule has 13 heavy (non-hydrogen) atoms. The zero-order chi connectivity index (χ0) is 9.90. The van der Waals surface area contributed by atoms with Crippen molar-refractivity contribution in [3.8, 4) is 0 Å². The minimum atomic E-state index is -0.0118. The van der Waals surface area contributed by atoms with Crippen LogP contribution in [0.2, 0.25) is 0 Å². The Morgan fingerprint density at radius 3 is 2.23 bits per heavy atom. The Morgan fingerprint density at radius 2 is 1.85 bits per heavy atom. The molecule has 0 aliphatic carbocycles. The quantitative estimate of drug-likeness (QED) is 0.573. The van der Waals surface area contributed by atoms with Gasteiger partial charge in [0.2, 0.25) is 0 Å². The summed E-state index contributed by atoms with van der Waals surface area (Å²) in [5.74, 6) is -0.0118. The smallest absolute Gasteiger partial charge is 0.124 e. The largest absolute Gasteiger partial charge is 0.314 e. The minimum absolute atomic E-state index is 0.0118. The lowest BCUT2D eigenvalue weighted by atomic mass is 10.2. The highest BCUT2D eigenvalue weighted by Gasteiger charge is 2.32. The highest BCUT2D eigenvalue weighted by atomic mass is 15.5. The Kier molecular flexibility index (Phi) is 3.67. The third-order valence-corrected chi connectivity index (χ3v) is 3.08. The fourth-order valence-electron chi connectivity index (χ4n) is 1.76. The second-order valence-corrected chi connectivity index (χ2v) is 3.90. The summed E-state index contributed by atoms with van der Waals surface area (Å²) < 4.78 is 0. The van der Waals surface area contributed by atoms with E-state index in [0.717, 1.165) is 26.2 Å². The predicted molar refractivity (Wildman–Crippen MR) is 55.6 cm³/mol. The summed E-state index contributed by atoms with van der Waals surface area (Å²) in [6.45, 7) is 6.61. The van der Waals surface area contributed by atoms with Crippen molar-refractivity contribution in [3.63, 3.8) is 0 Å². The molecule has 4 nitrogen and oxygen atoms in total. The molecule has 78 valence electrons. The number of hydrogen-bond donors (Lipinski definition) is 2. The van der Waals surface area contributed by atoms with Crippen LogP contribution < -0.4 is 10.6 Å². The molecule has 1 rings (SSSR count). The van der Waals surface area contributed by atoms with Gasteiger partial charge in [-0.2, -0.15) is 0 Å². The lowest BCUT2D eigenvalue weighted by Gasteiger charge is -2.47. The van der Waals surface area contributed by atoms with Gasteiger partial charge in [0.1, 0.15) is 5.79 Å². The molecule has 0 aromatic carbocycles. The first-order valence-corrected chi connectivity index (χ1v) is 4.93. The zero-order valence-electron chi connectivity index (χ0n) is 9.22. The van der Waals surface area contributed by atoms with Gasteiger partial charge in [-0.3, -0.25) is 15.1 Å². The lowest BCUT2D eigenvalue weighted by molar-refractivity contribution is -0.0452. The monoisotopic (exact) mass is 186 g/mol. The topological polar surface area (TPSA) is 30.5 Å². The van der Waals surface area contributed by atoms with Gasteiger partial charge < -0.3 is 5.32 Å². The Hall–Kier alpha value is -0.160. The predicted octanol–water partition coefficient (Wildman–Crippen LogP) is -0.654. The standard InChI is InChI=1S/C9H22N4/c1-9(10-2,12(3)4)13-7-5-11-6-8-13/h10-11H,5-8H2,1-4H3. The minimum Gasteiger partial charge on any atom is -0.314 e. The van der Waals surface area contributed by atoms with E-state index < -0.39 is 0 Å². The van der Waals surface area contributed by atoms with Crippen LogP contribution in [0.5, 0.6) is 0 Å². The maximum absolute atomic E-state index is 3.37. The van der Waals surface area contributed by atoms with Crippen molar-refractivity contribution in [1.29, 1.82) is 0 Å². The molecule has 1 atom stereocenters. The van der Waals surface area contributed by atoms with Crippen molar-refractivity contribution >= 4 is 0 Å². The van der Waals surface area contributed by atoms with Gasteiger partial charge in [0.25, 0.3) is 0 Å². The molecule has 1 heterocycles. The first kappa shape index (κ1) is 10.9. The number of nitrogens with one attached hydrogen (secondary N) is 2. The van der Waals surface area contributed by atoms with Gasteiger partial charge in [-0.1, -0.05) is 0 Å². The number of rotatable bonds is 3. The molecule has 1 aliphatic heterocycles. The van der Waals surface area contributed by atoms with Crippen molar-refractivity contribution < 1.29 is 0 Å². The average molecular weight is 186 g/mol. The molecule has 0 saturated carbocycles. The molecule has 0 aromatic heterocycles. The molecule has 0 radical (unpaired) electrons. The summed E-state index contributed by atoms with van der Waals surface area (Å²) in [6.07, 6.45) is 0. The van der Waals surface area contributed by atoms with Gasteiger partial charge in [-0.25, -0.2) is 0 Å². The second-order valence-electron chi connectivity index (χ2n) is 3.90. The van der Waals surface area contributed by atoms with Crippen LogP contribution in [0.1, 0.15) is 6.92 Å². The molecule has 0 bridgehead atoms. The van der Waals surface area contributed by atoms with Crippen molar-refractivity contribution in [3.05, 3.63) is 0 Å².